The molecular weight excluding hydrogens is 394 g/mol. The van der Waals surface area contributed by atoms with Crippen molar-refractivity contribution in [3.63, 3.8) is 0 Å². The van der Waals surface area contributed by atoms with Gasteiger partial charge in [-0.2, -0.15) is 0 Å². The second-order valence-electron chi connectivity index (χ2n) is 7.41. The number of imidazole rings is 1. The summed E-state index contributed by atoms with van der Waals surface area (Å²) in [4.78, 5) is 37.2. The van der Waals surface area contributed by atoms with Crippen LogP contribution >= 0.6 is 0 Å². The van der Waals surface area contributed by atoms with E-state index in [1.807, 2.05) is 24.5 Å². The molecule has 4 rings (SSSR count). The number of fused-ring (bicyclic) bond motifs is 1. The Morgan fingerprint density at radius 3 is 2.52 bits per heavy atom. The highest BCUT2D eigenvalue weighted by atomic mass is 16.5. The smallest absolute Gasteiger partial charge is 0.413 e. The molecule has 31 heavy (non-hydrogen) atoms. The number of hydrogen-bond acceptors (Lipinski definition) is 7. The molecule has 3 aromatic heterocycles. The molecule has 0 aliphatic heterocycles. The van der Waals surface area contributed by atoms with Gasteiger partial charge in [-0.25, -0.2) is 29.7 Å². The molecule has 1 amide bonds. The first kappa shape index (κ1) is 20.4. The Morgan fingerprint density at radius 1 is 1.10 bits per heavy atom. The molecule has 0 aliphatic rings. The van der Waals surface area contributed by atoms with E-state index in [1.54, 1.807) is 25.4 Å². The van der Waals surface area contributed by atoms with Crippen molar-refractivity contribution in [3.8, 4) is 22.5 Å². The van der Waals surface area contributed by atoms with Crippen LogP contribution in [0.2, 0.25) is 0 Å². The normalized spacial score (nSPS) is 11.1. The minimum atomic E-state index is -0.576. The highest BCUT2D eigenvalue weighted by molar-refractivity contribution is 5.96. The third-order valence-corrected chi connectivity index (χ3v) is 4.53. The number of nitrogens with zero attached hydrogens (tertiary/aromatic N) is 5. The first-order chi connectivity index (χ1) is 15.0. The Morgan fingerprint density at radius 2 is 1.84 bits per heavy atom. The van der Waals surface area contributed by atoms with Crippen LogP contribution in [0.5, 0.6) is 0 Å². The Balaban J connectivity index is 1.78. The number of anilines is 1. The van der Waals surface area contributed by atoms with Gasteiger partial charge in [0.15, 0.2) is 5.82 Å². The Hall–Kier alpha value is -3.88. The van der Waals surface area contributed by atoms with Crippen LogP contribution in [-0.4, -0.2) is 42.6 Å². The van der Waals surface area contributed by atoms with Crippen molar-refractivity contribution in [2.24, 2.45) is 5.92 Å². The minimum absolute atomic E-state index is 0.270. The Labute approximate surface area is 179 Å². The maximum Gasteiger partial charge on any atom is 0.413 e. The molecule has 158 valence electrons. The molecular formula is C22H23N7O2. The molecule has 9 heteroatoms. The minimum Gasteiger partial charge on any atom is -0.450 e. The van der Waals surface area contributed by atoms with Gasteiger partial charge in [0.25, 0.3) is 0 Å². The second kappa shape index (κ2) is 8.86. The van der Waals surface area contributed by atoms with Crippen LogP contribution in [0.1, 0.15) is 26.6 Å². The van der Waals surface area contributed by atoms with Crippen molar-refractivity contribution < 1.29 is 9.53 Å². The van der Waals surface area contributed by atoms with E-state index >= 15 is 0 Å². The lowest BCUT2D eigenvalue weighted by Crippen LogP contribution is -2.14. The lowest BCUT2D eigenvalue weighted by molar-refractivity contribution is 0.167. The van der Waals surface area contributed by atoms with Gasteiger partial charge in [0.1, 0.15) is 5.82 Å². The van der Waals surface area contributed by atoms with Gasteiger partial charge in [0.2, 0.25) is 5.95 Å². The summed E-state index contributed by atoms with van der Waals surface area (Å²) in [6.45, 7) is 6.28. The SMILES string of the molecule is CCOC(=O)Nc1nc2cc(-c3cnc(CC(C)C)nc3)cc(-c3ncccn3)c2[nH]1. The molecule has 4 aromatic rings. The average Bonchev–Trinajstić information content (AvgIpc) is 3.16. The van der Waals surface area contributed by atoms with Crippen molar-refractivity contribution in [2.45, 2.75) is 27.2 Å². The zero-order chi connectivity index (χ0) is 21.8. The number of H-pyrrole nitrogens is 1. The predicted octanol–water partition coefficient (Wildman–Crippen LogP) is 4.24. The van der Waals surface area contributed by atoms with Crippen molar-refractivity contribution >= 4 is 23.1 Å². The van der Waals surface area contributed by atoms with E-state index in [1.165, 1.54) is 0 Å². The van der Waals surface area contributed by atoms with Crippen LogP contribution < -0.4 is 5.32 Å². The summed E-state index contributed by atoms with van der Waals surface area (Å²) in [6.07, 6.45) is 7.23. The summed E-state index contributed by atoms with van der Waals surface area (Å²) in [5, 5.41) is 2.60. The number of amides is 1. The highest BCUT2D eigenvalue weighted by Crippen LogP contribution is 2.32. The van der Waals surface area contributed by atoms with Crippen molar-refractivity contribution in [1.82, 2.24) is 29.9 Å². The van der Waals surface area contributed by atoms with E-state index < -0.39 is 6.09 Å². The fourth-order valence-corrected chi connectivity index (χ4v) is 3.19. The second-order valence-corrected chi connectivity index (χ2v) is 7.41. The van der Waals surface area contributed by atoms with E-state index in [0.717, 1.165) is 28.9 Å². The fourth-order valence-electron chi connectivity index (χ4n) is 3.19. The number of aromatic amines is 1. The van der Waals surface area contributed by atoms with Crippen molar-refractivity contribution in [2.75, 3.05) is 11.9 Å². The maximum absolute atomic E-state index is 11.8. The molecule has 0 saturated carbocycles. The monoisotopic (exact) mass is 417 g/mol. The largest absolute Gasteiger partial charge is 0.450 e. The molecule has 0 unspecified atom stereocenters. The molecule has 0 aliphatic carbocycles. The van der Waals surface area contributed by atoms with Gasteiger partial charge in [-0.05, 0) is 36.6 Å². The molecule has 0 spiro atoms. The van der Waals surface area contributed by atoms with Crippen LogP contribution in [0.25, 0.3) is 33.5 Å². The summed E-state index contributed by atoms with van der Waals surface area (Å²) in [5.74, 6) is 2.12. The topological polar surface area (TPSA) is 119 Å². The molecule has 1 aromatic carbocycles. The zero-order valence-corrected chi connectivity index (χ0v) is 17.6. The summed E-state index contributed by atoms with van der Waals surface area (Å²) in [7, 11) is 0. The number of rotatable bonds is 6. The maximum atomic E-state index is 11.8. The number of carbonyl (C=O) groups is 1. The number of nitrogens with one attached hydrogen (secondary N) is 2. The average molecular weight is 417 g/mol. The molecule has 3 heterocycles. The summed E-state index contributed by atoms with van der Waals surface area (Å²) < 4.78 is 4.94. The van der Waals surface area contributed by atoms with Crippen molar-refractivity contribution in [3.05, 3.63) is 48.8 Å². The third-order valence-electron chi connectivity index (χ3n) is 4.53. The van der Waals surface area contributed by atoms with Gasteiger partial charge in [0, 0.05) is 42.3 Å². The number of aromatic nitrogens is 6. The van der Waals surface area contributed by atoms with Gasteiger partial charge in [-0.3, -0.25) is 5.32 Å². The van der Waals surface area contributed by atoms with Crippen LogP contribution in [0.3, 0.4) is 0 Å². The van der Waals surface area contributed by atoms with Crippen LogP contribution in [0.4, 0.5) is 10.7 Å². The molecule has 0 saturated heterocycles. The van der Waals surface area contributed by atoms with E-state index in [4.69, 9.17) is 4.74 Å². The fraction of sp³-hybridized carbons (Fsp3) is 0.273. The summed E-state index contributed by atoms with van der Waals surface area (Å²) >= 11 is 0. The Bertz CT molecular complexity index is 1190. The molecule has 2 N–H and O–H groups in total. The van der Waals surface area contributed by atoms with Crippen LogP contribution in [0.15, 0.2) is 43.0 Å². The van der Waals surface area contributed by atoms with Crippen molar-refractivity contribution in [1.29, 1.82) is 0 Å². The van der Waals surface area contributed by atoms with Gasteiger partial charge in [0.05, 0.1) is 17.6 Å². The van der Waals surface area contributed by atoms with Gasteiger partial charge >= 0.3 is 6.09 Å². The number of benzene rings is 1. The molecule has 0 radical (unpaired) electrons. The quantitative estimate of drug-likeness (QED) is 0.481. The van der Waals surface area contributed by atoms with E-state index in [0.29, 0.717) is 22.8 Å². The summed E-state index contributed by atoms with van der Waals surface area (Å²) in [6, 6.07) is 5.63. The van der Waals surface area contributed by atoms with Gasteiger partial charge in [-0.15, -0.1) is 0 Å². The van der Waals surface area contributed by atoms with Crippen LogP contribution in [0, 0.1) is 5.92 Å². The predicted molar refractivity (Wildman–Crippen MR) is 117 cm³/mol. The van der Waals surface area contributed by atoms with Gasteiger partial charge < -0.3 is 9.72 Å². The molecule has 0 bridgehead atoms. The van der Waals surface area contributed by atoms with Crippen LogP contribution in [-0.2, 0) is 11.2 Å². The zero-order valence-electron chi connectivity index (χ0n) is 17.6. The number of hydrogen-bond donors (Lipinski definition) is 2. The standard InChI is InChI=1S/C22H23N7O2/c1-4-31-22(30)29-21-27-17-10-14(15-11-25-18(26-12-15)8-13(2)3)9-16(19(17)28-21)20-23-6-5-7-24-20/h5-7,9-13H,4,8H2,1-3H3,(H2,27,28,29,30). The first-order valence-corrected chi connectivity index (χ1v) is 10.1. The molecule has 0 atom stereocenters. The summed E-state index contributed by atoms with van der Waals surface area (Å²) in [5.41, 5.74) is 3.84. The first-order valence-electron chi connectivity index (χ1n) is 10.1. The Kier molecular flexibility index (Phi) is 5.83. The van der Waals surface area contributed by atoms with E-state index in [2.05, 4.69) is 49.1 Å². The van der Waals surface area contributed by atoms with E-state index in [9.17, 15) is 4.79 Å². The third kappa shape index (κ3) is 4.66. The number of ether oxygens (including phenoxy) is 1. The molecule has 0 fully saturated rings. The lowest BCUT2D eigenvalue weighted by atomic mass is 10.0. The van der Waals surface area contributed by atoms with Gasteiger partial charge in [-0.1, -0.05) is 13.8 Å². The number of carbonyl (C=O) groups excluding carboxylic acids is 1. The lowest BCUT2D eigenvalue weighted by Gasteiger charge is -2.07. The molecule has 9 nitrogen and oxygen atoms in total. The van der Waals surface area contributed by atoms with E-state index in [-0.39, 0.29) is 12.6 Å². The highest BCUT2D eigenvalue weighted by Gasteiger charge is 2.16.